The molecule has 7 heteroatoms. The Morgan fingerprint density at radius 1 is 0.816 bits per heavy atom. The van der Waals surface area contributed by atoms with Gasteiger partial charge in [-0.3, -0.25) is 14.4 Å². The second kappa shape index (κ2) is 21.7. The molecule has 1 fully saturated rings. The summed E-state index contributed by atoms with van der Waals surface area (Å²) in [5.74, 6) is 0.275. The van der Waals surface area contributed by atoms with E-state index in [0.29, 0.717) is 41.4 Å². The van der Waals surface area contributed by atoms with Crippen molar-refractivity contribution in [1.82, 2.24) is 10.2 Å². The Balaban J connectivity index is 1.32. The molecule has 6 nitrogen and oxygen atoms in total. The smallest absolute Gasteiger partial charge is 0.266 e. The van der Waals surface area contributed by atoms with Crippen molar-refractivity contribution in [2.75, 3.05) is 13.1 Å². The van der Waals surface area contributed by atoms with Gasteiger partial charge in [0.15, 0.2) is 11.4 Å². The van der Waals surface area contributed by atoms with Gasteiger partial charge in [0, 0.05) is 41.7 Å². The van der Waals surface area contributed by atoms with Crippen LogP contribution >= 0.6 is 11.6 Å². The quantitative estimate of drug-likeness (QED) is 0.0856. The molecular weight excluding hydrogens is 632 g/mol. The van der Waals surface area contributed by atoms with E-state index in [-0.39, 0.29) is 23.6 Å². The first kappa shape index (κ1) is 39.3. The first-order valence-corrected chi connectivity index (χ1v) is 18.0. The van der Waals surface area contributed by atoms with E-state index in [1.165, 1.54) is 0 Å². The topological polar surface area (TPSA) is 75.7 Å². The average molecular weight is 685 g/mol. The van der Waals surface area contributed by atoms with Gasteiger partial charge in [-0.2, -0.15) is 0 Å². The van der Waals surface area contributed by atoms with Gasteiger partial charge in [0.2, 0.25) is 5.91 Å². The van der Waals surface area contributed by atoms with Crippen LogP contribution in [0.5, 0.6) is 5.75 Å². The summed E-state index contributed by atoms with van der Waals surface area (Å²) in [6.07, 6.45) is 30.5. The van der Waals surface area contributed by atoms with Crippen molar-refractivity contribution in [3.8, 4) is 5.75 Å². The predicted octanol–water partition coefficient (Wildman–Crippen LogP) is 9.76. The molecule has 0 spiro atoms. The molecule has 1 aliphatic heterocycles. The molecule has 0 bridgehead atoms. The standard InChI is InChI=1S/C42H53ClN2O4/c1-4-5-6-7-8-9-10-11-12-13-14-15-16-17-18-19-20-23-39(46)44-33-37-22-21-32-45(37)41(48)42(2,3)49-38-30-26-35(27-31-38)40(47)34-24-28-36(43)29-25-34/h5-6,8-9,11-12,14-15,17-18,24-31,37H,4,7,10,13,16,19-23,32-33H2,1-3H3,(H,44,46)/t37-/m0/s1. The number of benzene rings is 2. The molecule has 262 valence electrons. The van der Waals surface area contributed by atoms with Gasteiger partial charge in [-0.1, -0.05) is 79.3 Å². The van der Waals surface area contributed by atoms with Gasteiger partial charge in [0.1, 0.15) is 5.75 Å². The Morgan fingerprint density at radius 2 is 1.35 bits per heavy atom. The van der Waals surface area contributed by atoms with E-state index < -0.39 is 5.60 Å². The number of hydrogen-bond acceptors (Lipinski definition) is 4. The maximum atomic E-state index is 13.6. The summed E-state index contributed by atoms with van der Waals surface area (Å²) < 4.78 is 6.12. The molecular formula is C42H53ClN2O4. The minimum Gasteiger partial charge on any atom is -0.478 e. The van der Waals surface area contributed by atoms with E-state index in [2.05, 4.69) is 73.0 Å². The number of hydrogen-bond donors (Lipinski definition) is 1. The molecule has 0 radical (unpaired) electrons. The SMILES string of the molecule is CCC=CCC=CCC=CCC=CCC=CCCCC(=O)NC[C@@H]1CCCN1C(=O)C(C)(C)Oc1ccc(C(=O)c2ccc(Cl)cc2)cc1. The molecule has 0 aromatic heterocycles. The number of carbonyl (C=O) groups excluding carboxylic acids is 3. The number of unbranched alkanes of at least 4 members (excludes halogenated alkanes) is 1. The molecule has 1 aliphatic rings. The van der Waals surface area contributed by atoms with Gasteiger partial charge >= 0.3 is 0 Å². The van der Waals surface area contributed by atoms with Gasteiger partial charge < -0.3 is 15.0 Å². The highest BCUT2D eigenvalue weighted by Crippen LogP contribution is 2.26. The third kappa shape index (κ3) is 14.5. The monoisotopic (exact) mass is 684 g/mol. The molecule has 49 heavy (non-hydrogen) atoms. The fourth-order valence-electron chi connectivity index (χ4n) is 5.51. The molecule has 1 N–H and O–H groups in total. The molecule has 1 saturated heterocycles. The van der Waals surface area contributed by atoms with Crippen LogP contribution in [0.2, 0.25) is 5.02 Å². The Hall–Kier alpha value is -4.16. The van der Waals surface area contributed by atoms with Crippen LogP contribution in [-0.4, -0.2) is 47.2 Å². The first-order valence-electron chi connectivity index (χ1n) is 17.6. The summed E-state index contributed by atoms with van der Waals surface area (Å²) in [6, 6.07) is 13.5. The van der Waals surface area contributed by atoms with E-state index in [1.54, 1.807) is 62.4 Å². The van der Waals surface area contributed by atoms with Crippen molar-refractivity contribution in [3.63, 3.8) is 0 Å². The Morgan fingerprint density at radius 3 is 1.92 bits per heavy atom. The van der Waals surface area contributed by atoms with Crippen LogP contribution in [0.4, 0.5) is 0 Å². The fraction of sp³-hybridized carbons (Fsp3) is 0.405. The predicted molar refractivity (Wildman–Crippen MR) is 202 cm³/mol. The summed E-state index contributed by atoms with van der Waals surface area (Å²) in [5.41, 5.74) is -0.0479. The highest BCUT2D eigenvalue weighted by atomic mass is 35.5. The number of nitrogens with zero attached hydrogens (tertiary/aromatic N) is 1. The minimum atomic E-state index is -1.12. The van der Waals surface area contributed by atoms with Crippen LogP contribution in [0.25, 0.3) is 0 Å². The number of halogens is 1. The fourth-order valence-corrected chi connectivity index (χ4v) is 5.64. The highest BCUT2D eigenvalue weighted by molar-refractivity contribution is 6.30. The number of allylic oxidation sites excluding steroid dienone is 10. The number of nitrogens with one attached hydrogen (secondary N) is 1. The zero-order chi connectivity index (χ0) is 35.3. The molecule has 1 heterocycles. The molecule has 1 atom stereocenters. The lowest BCUT2D eigenvalue weighted by Gasteiger charge is -2.33. The summed E-state index contributed by atoms with van der Waals surface area (Å²) >= 11 is 5.94. The van der Waals surface area contributed by atoms with Crippen molar-refractivity contribution in [3.05, 3.63) is 125 Å². The minimum absolute atomic E-state index is 0.00963. The third-order valence-electron chi connectivity index (χ3n) is 8.22. The van der Waals surface area contributed by atoms with Gasteiger partial charge in [0.05, 0.1) is 0 Å². The normalized spacial score (nSPS) is 15.4. The van der Waals surface area contributed by atoms with Crippen LogP contribution in [0.15, 0.2) is 109 Å². The number of likely N-dealkylation sites (tertiary alicyclic amines) is 1. The second-order valence-corrected chi connectivity index (χ2v) is 13.1. The zero-order valence-electron chi connectivity index (χ0n) is 29.4. The van der Waals surface area contributed by atoms with Gasteiger partial charge in [-0.15, -0.1) is 0 Å². The van der Waals surface area contributed by atoms with Gasteiger partial charge in [-0.25, -0.2) is 0 Å². The van der Waals surface area contributed by atoms with E-state index in [9.17, 15) is 14.4 Å². The summed E-state index contributed by atoms with van der Waals surface area (Å²) in [7, 11) is 0. The van der Waals surface area contributed by atoms with Crippen molar-refractivity contribution in [2.24, 2.45) is 0 Å². The molecule has 3 rings (SSSR count). The average Bonchev–Trinajstić information content (AvgIpc) is 3.57. The summed E-state index contributed by atoms with van der Waals surface area (Å²) in [6.45, 7) is 6.72. The van der Waals surface area contributed by atoms with Crippen LogP contribution in [-0.2, 0) is 9.59 Å². The van der Waals surface area contributed by atoms with E-state index in [1.807, 2.05) is 4.90 Å². The highest BCUT2D eigenvalue weighted by Gasteiger charge is 2.39. The number of ether oxygens (including phenoxy) is 1. The first-order chi connectivity index (χ1) is 23.7. The van der Waals surface area contributed by atoms with Crippen molar-refractivity contribution < 1.29 is 19.1 Å². The maximum Gasteiger partial charge on any atom is 0.266 e. The molecule has 2 aromatic carbocycles. The van der Waals surface area contributed by atoms with Gasteiger partial charge in [-0.05, 0) is 120 Å². The second-order valence-electron chi connectivity index (χ2n) is 12.7. The van der Waals surface area contributed by atoms with E-state index in [0.717, 1.165) is 57.8 Å². The van der Waals surface area contributed by atoms with Crippen molar-refractivity contribution in [1.29, 1.82) is 0 Å². The number of carbonyl (C=O) groups is 3. The number of ketones is 1. The molecule has 2 aromatic rings. The summed E-state index contributed by atoms with van der Waals surface area (Å²) in [4.78, 5) is 40.7. The Labute approximate surface area is 298 Å². The lowest BCUT2D eigenvalue weighted by molar-refractivity contribution is -0.146. The van der Waals surface area contributed by atoms with E-state index in [4.69, 9.17) is 16.3 Å². The molecule has 0 aliphatic carbocycles. The Bertz CT molecular complexity index is 1470. The van der Waals surface area contributed by atoms with Crippen LogP contribution in [0, 0.1) is 0 Å². The summed E-state index contributed by atoms with van der Waals surface area (Å²) in [5, 5.41) is 3.61. The lowest BCUT2D eigenvalue weighted by atomic mass is 10.0. The van der Waals surface area contributed by atoms with Gasteiger partial charge in [0.25, 0.3) is 5.91 Å². The number of amides is 2. The molecule has 2 amide bonds. The maximum absolute atomic E-state index is 13.6. The lowest BCUT2D eigenvalue weighted by Crippen LogP contribution is -2.52. The van der Waals surface area contributed by atoms with Crippen LogP contribution in [0.1, 0.15) is 101 Å². The van der Waals surface area contributed by atoms with Crippen molar-refractivity contribution >= 4 is 29.2 Å². The molecule has 0 unspecified atom stereocenters. The third-order valence-corrected chi connectivity index (χ3v) is 8.47. The Kier molecular flexibility index (Phi) is 17.4. The van der Waals surface area contributed by atoms with E-state index >= 15 is 0 Å². The largest absolute Gasteiger partial charge is 0.478 e. The number of rotatable bonds is 20. The van der Waals surface area contributed by atoms with Crippen LogP contribution < -0.4 is 10.1 Å². The zero-order valence-corrected chi connectivity index (χ0v) is 30.2. The van der Waals surface area contributed by atoms with Crippen molar-refractivity contribution in [2.45, 2.75) is 96.6 Å². The molecule has 0 saturated carbocycles. The van der Waals surface area contributed by atoms with Crippen LogP contribution in [0.3, 0.4) is 0 Å².